The Labute approximate surface area is 185 Å². The third kappa shape index (κ3) is 5.14. The molecule has 8 heteroatoms. The topological polar surface area (TPSA) is 84.0 Å². The molecule has 0 fully saturated rings. The number of amides is 3. The lowest BCUT2D eigenvalue weighted by Crippen LogP contribution is -2.45. The van der Waals surface area contributed by atoms with E-state index in [1.54, 1.807) is 63.2 Å². The fraction of sp³-hybridized carbons (Fsp3) is 0.304. The van der Waals surface area contributed by atoms with Crippen molar-refractivity contribution in [3.8, 4) is 0 Å². The number of rotatable bonds is 6. The van der Waals surface area contributed by atoms with Crippen molar-refractivity contribution in [2.24, 2.45) is 0 Å². The molecule has 0 N–H and O–H groups in total. The van der Waals surface area contributed by atoms with E-state index in [2.05, 4.69) is 0 Å². The summed E-state index contributed by atoms with van der Waals surface area (Å²) in [5.41, 5.74) is 0.307. The van der Waals surface area contributed by atoms with E-state index >= 15 is 0 Å². The van der Waals surface area contributed by atoms with Crippen LogP contribution in [0.1, 0.15) is 41.5 Å². The Hall–Kier alpha value is -3.13. The molecule has 3 rings (SSSR count). The summed E-state index contributed by atoms with van der Waals surface area (Å²) in [6.45, 7) is 4.41. The second kappa shape index (κ2) is 8.93. The van der Waals surface area contributed by atoms with Crippen LogP contribution in [0, 0.1) is 0 Å². The van der Waals surface area contributed by atoms with Gasteiger partial charge in [0.05, 0.1) is 11.1 Å². The van der Waals surface area contributed by atoms with Gasteiger partial charge >= 0.3 is 5.97 Å². The van der Waals surface area contributed by atoms with Gasteiger partial charge in [0.25, 0.3) is 11.8 Å². The number of hydrogen-bond acceptors (Lipinski definition) is 6. The third-order valence-electron chi connectivity index (χ3n) is 4.54. The van der Waals surface area contributed by atoms with Gasteiger partial charge in [-0.2, -0.15) is 0 Å². The molecule has 0 saturated heterocycles. The maximum absolute atomic E-state index is 13.2. The van der Waals surface area contributed by atoms with Gasteiger partial charge in [-0.15, -0.1) is 11.8 Å². The second-order valence-electron chi connectivity index (χ2n) is 8.01. The molecule has 7 nitrogen and oxygen atoms in total. The quantitative estimate of drug-likeness (QED) is 0.389. The van der Waals surface area contributed by atoms with Crippen LogP contribution in [0.25, 0.3) is 0 Å². The lowest BCUT2D eigenvalue weighted by molar-refractivity contribution is -0.153. The molecule has 0 radical (unpaired) electrons. The SMILES string of the molecule is CSc1cccc(N(CC(=O)OC(C)(C)C)C(=O)CN2C(=O)c3ccccc3C2=O)c1. The summed E-state index contributed by atoms with van der Waals surface area (Å²) < 4.78 is 5.37. The Balaban J connectivity index is 1.86. The van der Waals surface area contributed by atoms with Crippen LogP contribution >= 0.6 is 11.8 Å². The molecule has 1 aliphatic rings. The number of fused-ring (bicyclic) bond motifs is 1. The van der Waals surface area contributed by atoms with Crippen molar-refractivity contribution in [1.82, 2.24) is 4.90 Å². The number of hydrogen-bond donors (Lipinski definition) is 0. The number of benzene rings is 2. The fourth-order valence-corrected chi connectivity index (χ4v) is 3.66. The highest BCUT2D eigenvalue weighted by Crippen LogP contribution is 2.25. The molecule has 0 atom stereocenters. The smallest absolute Gasteiger partial charge is 0.326 e. The Morgan fingerprint density at radius 2 is 1.61 bits per heavy atom. The molecule has 1 aliphatic heterocycles. The minimum Gasteiger partial charge on any atom is -0.459 e. The highest BCUT2D eigenvalue weighted by molar-refractivity contribution is 7.98. The van der Waals surface area contributed by atoms with Gasteiger partial charge in [-0.25, -0.2) is 0 Å². The summed E-state index contributed by atoms with van der Waals surface area (Å²) in [6, 6.07) is 13.6. The molecule has 0 unspecified atom stereocenters. The van der Waals surface area contributed by atoms with Gasteiger partial charge in [0, 0.05) is 10.6 Å². The van der Waals surface area contributed by atoms with Crippen molar-refractivity contribution in [2.75, 3.05) is 24.2 Å². The number of anilines is 1. The van der Waals surface area contributed by atoms with Crippen LogP contribution in [0.4, 0.5) is 5.69 Å². The van der Waals surface area contributed by atoms with Crippen LogP contribution in [0.15, 0.2) is 53.4 Å². The normalized spacial score (nSPS) is 13.2. The van der Waals surface area contributed by atoms with Crippen LogP contribution in [0.3, 0.4) is 0 Å². The lowest BCUT2D eigenvalue weighted by Gasteiger charge is -2.27. The summed E-state index contributed by atoms with van der Waals surface area (Å²) in [6.07, 6.45) is 1.90. The van der Waals surface area contributed by atoms with Gasteiger partial charge in [0.1, 0.15) is 18.7 Å². The minimum absolute atomic E-state index is 0.267. The van der Waals surface area contributed by atoms with Gasteiger partial charge in [0.2, 0.25) is 5.91 Å². The third-order valence-corrected chi connectivity index (χ3v) is 5.27. The van der Waals surface area contributed by atoms with Crippen molar-refractivity contribution in [2.45, 2.75) is 31.3 Å². The van der Waals surface area contributed by atoms with Crippen molar-refractivity contribution in [1.29, 1.82) is 0 Å². The van der Waals surface area contributed by atoms with Gasteiger partial charge in [-0.05, 0) is 57.4 Å². The highest BCUT2D eigenvalue weighted by atomic mass is 32.2. The largest absolute Gasteiger partial charge is 0.459 e. The average molecular weight is 441 g/mol. The standard InChI is InChI=1S/C23H24N2O5S/c1-23(2,3)30-20(27)14-24(15-8-7-9-16(12-15)31-4)19(26)13-25-21(28)17-10-5-6-11-18(17)22(25)29/h5-12H,13-14H2,1-4H3. The zero-order valence-electron chi connectivity index (χ0n) is 17.9. The van der Waals surface area contributed by atoms with Crippen molar-refractivity contribution in [3.63, 3.8) is 0 Å². The fourth-order valence-electron chi connectivity index (χ4n) is 3.21. The molecule has 0 spiro atoms. The molecular weight excluding hydrogens is 416 g/mol. The molecule has 2 aromatic carbocycles. The summed E-state index contributed by atoms with van der Waals surface area (Å²) >= 11 is 1.49. The first kappa shape index (κ1) is 22.6. The maximum Gasteiger partial charge on any atom is 0.326 e. The number of imide groups is 1. The lowest BCUT2D eigenvalue weighted by atomic mass is 10.1. The Kier molecular flexibility index (Phi) is 6.50. The molecule has 0 bridgehead atoms. The molecule has 31 heavy (non-hydrogen) atoms. The van der Waals surface area contributed by atoms with Gasteiger partial charge < -0.3 is 4.74 Å². The average Bonchev–Trinajstić information content (AvgIpc) is 2.96. The molecular formula is C23H24N2O5S. The Bertz CT molecular complexity index is 1010. The maximum atomic E-state index is 13.2. The highest BCUT2D eigenvalue weighted by Gasteiger charge is 2.37. The predicted molar refractivity (Wildman–Crippen MR) is 118 cm³/mol. The van der Waals surface area contributed by atoms with E-state index in [-0.39, 0.29) is 17.7 Å². The number of thioether (sulfide) groups is 1. The molecule has 162 valence electrons. The van der Waals surface area contributed by atoms with E-state index in [9.17, 15) is 19.2 Å². The summed E-state index contributed by atoms with van der Waals surface area (Å²) in [5, 5.41) is 0. The zero-order chi connectivity index (χ0) is 22.8. The summed E-state index contributed by atoms with van der Waals surface area (Å²) in [5.74, 6) is -2.19. The molecule has 2 aromatic rings. The van der Waals surface area contributed by atoms with E-state index < -0.39 is 35.8 Å². The number of carbonyl (C=O) groups is 4. The molecule has 3 amide bonds. The van der Waals surface area contributed by atoms with Crippen LogP contribution in [-0.4, -0.2) is 53.5 Å². The molecule has 0 aromatic heterocycles. The van der Waals surface area contributed by atoms with E-state index in [4.69, 9.17) is 4.74 Å². The van der Waals surface area contributed by atoms with E-state index in [1.807, 2.05) is 12.3 Å². The Morgan fingerprint density at radius 3 is 2.16 bits per heavy atom. The van der Waals surface area contributed by atoms with Crippen LogP contribution in [-0.2, 0) is 14.3 Å². The Morgan fingerprint density at radius 1 is 1.00 bits per heavy atom. The van der Waals surface area contributed by atoms with Crippen LogP contribution in [0.5, 0.6) is 0 Å². The van der Waals surface area contributed by atoms with Crippen LogP contribution in [0.2, 0.25) is 0 Å². The molecule has 1 heterocycles. The summed E-state index contributed by atoms with van der Waals surface area (Å²) in [7, 11) is 0. The monoisotopic (exact) mass is 440 g/mol. The first-order valence-corrected chi connectivity index (χ1v) is 10.9. The van der Waals surface area contributed by atoms with Crippen molar-refractivity contribution in [3.05, 3.63) is 59.7 Å². The van der Waals surface area contributed by atoms with Gasteiger partial charge in [-0.1, -0.05) is 18.2 Å². The summed E-state index contributed by atoms with van der Waals surface area (Å²) in [4.78, 5) is 54.0. The second-order valence-corrected chi connectivity index (χ2v) is 8.89. The van der Waals surface area contributed by atoms with Gasteiger partial charge in [-0.3, -0.25) is 29.0 Å². The number of ether oxygens (including phenoxy) is 1. The number of nitrogens with zero attached hydrogens (tertiary/aromatic N) is 2. The van der Waals surface area contributed by atoms with Crippen molar-refractivity contribution >= 4 is 41.1 Å². The van der Waals surface area contributed by atoms with E-state index in [0.29, 0.717) is 5.69 Å². The first-order valence-electron chi connectivity index (χ1n) is 9.72. The van der Waals surface area contributed by atoms with Gasteiger partial charge in [0.15, 0.2) is 0 Å². The van der Waals surface area contributed by atoms with E-state index in [0.717, 1.165) is 9.80 Å². The first-order chi connectivity index (χ1) is 14.6. The minimum atomic E-state index is -0.713. The molecule has 0 aliphatic carbocycles. The van der Waals surface area contributed by atoms with E-state index in [1.165, 1.54) is 16.7 Å². The number of carbonyl (C=O) groups excluding carboxylic acids is 4. The molecule has 0 saturated carbocycles. The number of esters is 1. The van der Waals surface area contributed by atoms with Crippen LogP contribution < -0.4 is 4.90 Å². The predicted octanol–water partition coefficient (Wildman–Crippen LogP) is 3.38. The zero-order valence-corrected chi connectivity index (χ0v) is 18.7. The van der Waals surface area contributed by atoms with Crippen molar-refractivity contribution < 1.29 is 23.9 Å².